The molecule has 1 fully saturated rings. The standard InChI is InChI=1S/C11H23ClN2.2ClH/c1-10(2)8-14(7-6-12)9-11(3,4)13(10)5;;/h6-9H2,1-5H3;2*1H. The van der Waals surface area contributed by atoms with Crippen molar-refractivity contribution in [2.45, 2.75) is 38.8 Å². The largest absolute Gasteiger partial charge is 0.299 e. The third-order valence-corrected chi connectivity index (χ3v) is 3.61. The minimum Gasteiger partial charge on any atom is -0.299 e. The third-order valence-electron chi connectivity index (χ3n) is 3.44. The number of halogens is 3. The molecule has 1 aliphatic rings. The van der Waals surface area contributed by atoms with E-state index in [0.29, 0.717) is 0 Å². The van der Waals surface area contributed by atoms with Crippen LogP contribution in [-0.2, 0) is 0 Å². The second-order valence-electron chi connectivity index (χ2n) is 5.58. The Labute approximate surface area is 118 Å². The number of piperazine rings is 1. The molecule has 0 aliphatic carbocycles. The van der Waals surface area contributed by atoms with Crippen LogP contribution in [0.1, 0.15) is 27.7 Å². The van der Waals surface area contributed by atoms with Gasteiger partial charge in [-0.1, -0.05) is 0 Å². The molecule has 0 bridgehead atoms. The molecule has 0 N–H and O–H groups in total. The molecule has 100 valence electrons. The smallest absolute Gasteiger partial charge is 0.0351 e. The van der Waals surface area contributed by atoms with E-state index in [-0.39, 0.29) is 35.9 Å². The predicted molar refractivity (Wildman–Crippen MR) is 77.6 cm³/mol. The zero-order valence-corrected chi connectivity index (χ0v) is 13.3. The molecule has 0 aromatic carbocycles. The maximum Gasteiger partial charge on any atom is 0.0351 e. The highest BCUT2D eigenvalue weighted by molar-refractivity contribution is 6.18. The highest BCUT2D eigenvalue weighted by Crippen LogP contribution is 2.29. The van der Waals surface area contributed by atoms with Crippen LogP contribution in [0.5, 0.6) is 0 Å². The second kappa shape index (κ2) is 6.65. The molecule has 0 unspecified atom stereocenters. The van der Waals surface area contributed by atoms with Gasteiger partial charge in [0.05, 0.1) is 0 Å². The monoisotopic (exact) mass is 290 g/mol. The molecule has 1 rings (SSSR count). The lowest BCUT2D eigenvalue weighted by molar-refractivity contribution is -0.0478. The molecule has 0 amide bonds. The minimum atomic E-state index is 0. The van der Waals surface area contributed by atoms with Gasteiger partial charge in [-0.25, -0.2) is 0 Å². The van der Waals surface area contributed by atoms with Crippen LogP contribution in [0, 0.1) is 0 Å². The minimum absolute atomic E-state index is 0. The summed E-state index contributed by atoms with van der Waals surface area (Å²) in [6, 6.07) is 0. The molecule has 0 radical (unpaired) electrons. The van der Waals surface area contributed by atoms with Gasteiger partial charge in [-0.05, 0) is 34.7 Å². The van der Waals surface area contributed by atoms with Crippen molar-refractivity contribution >= 4 is 36.4 Å². The topological polar surface area (TPSA) is 6.48 Å². The molecule has 1 aliphatic heterocycles. The Bertz CT molecular complexity index is 189. The summed E-state index contributed by atoms with van der Waals surface area (Å²) in [5, 5.41) is 0. The summed E-state index contributed by atoms with van der Waals surface area (Å²) in [5.74, 6) is 0.732. The van der Waals surface area contributed by atoms with Gasteiger partial charge in [0, 0.05) is 36.6 Å². The summed E-state index contributed by atoms with van der Waals surface area (Å²) in [7, 11) is 2.22. The van der Waals surface area contributed by atoms with E-state index >= 15 is 0 Å². The van der Waals surface area contributed by atoms with E-state index < -0.39 is 0 Å². The quantitative estimate of drug-likeness (QED) is 0.722. The lowest BCUT2D eigenvalue weighted by Crippen LogP contribution is -2.67. The second-order valence-corrected chi connectivity index (χ2v) is 5.96. The first kappa shape index (κ1) is 19.1. The van der Waals surface area contributed by atoms with Crippen molar-refractivity contribution in [1.82, 2.24) is 9.80 Å². The molecule has 5 heteroatoms. The van der Waals surface area contributed by atoms with Crippen LogP contribution in [0.2, 0.25) is 0 Å². The molecule has 1 heterocycles. The Morgan fingerprint density at radius 3 is 1.69 bits per heavy atom. The summed E-state index contributed by atoms with van der Waals surface area (Å²) >= 11 is 5.80. The number of nitrogens with zero attached hydrogens (tertiary/aromatic N) is 2. The van der Waals surface area contributed by atoms with Crippen molar-refractivity contribution in [2.24, 2.45) is 0 Å². The van der Waals surface area contributed by atoms with Crippen molar-refractivity contribution < 1.29 is 0 Å². The average molecular weight is 292 g/mol. The van der Waals surface area contributed by atoms with Crippen LogP contribution in [-0.4, -0.2) is 53.4 Å². The van der Waals surface area contributed by atoms with Gasteiger partial charge in [-0.2, -0.15) is 0 Å². The summed E-state index contributed by atoms with van der Waals surface area (Å²) in [5.41, 5.74) is 0.488. The SMILES string of the molecule is CN1C(C)(C)CN(CCCl)CC1(C)C.Cl.Cl. The first-order valence-corrected chi connectivity index (χ1v) is 5.85. The average Bonchev–Trinajstić information content (AvgIpc) is 1.99. The summed E-state index contributed by atoms with van der Waals surface area (Å²) in [4.78, 5) is 4.94. The number of hydrogen-bond donors (Lipinski definition) is 0. The molecule has 16 heavy (non-hydrogen) atoms. The lowest BCUT2D eigenvalue weighted by Gasteiger charge is -2.54. The van der Waals surface area contributed by atoms with E-state index in [2.05, 4.69) is 44.5 Å². The zero-order chi connectivity index (χ0) is 11.0. The van der Waals surface area contributed by atoms with Gasteiger partial charge in [-0.3, -0.25) is 9.80 Å². The highest BCUT2D eigenvalue weighted by atomic mass is 35.5. The van der Waals surface area contributed by atoms with E-state index in [1.807, 2.05) is 0 Å². The van der Waals surface area contributed by atoms with Gasteiger partial charge in [0.1, 0.15) is 0 Å². The van der Waals surface area contributed by atoms with Gasteiger partial charge in [0.2, 0.25) is 0 Å². The number of hydrogen-bond acceptors (Lipinski definition) is 2. The molecule has 0 aromatic heterocycles. The van der Waals surface area contributed by atoms with Crippen molar-refractivity contribution in [2.75, 3.05) is 32.6 Å². The molecule has 2 nitrogen and oxygen atoms in total. The van der Waals surface area contributed by atoms with Crippen molar-refractivity contribution in [3.8, 4) is 0 Å². The van der Waals surface area contributed by atoms with Gasteiger partial charge in [0.15, 0.2) is 0 Å². The fourth-order valence-corrected chi connectivity index (χ4v) is 2.70. The van der Waals surface area contributed by atoms with Crippen molar-refractivity contribution in [3.05, 3.63) is 0 Å². The Morgan fingerprint density at radius 2 is 1.38 bits per heavy atom. The van der Waals surface area contributed by atoms with Crippen molar-refractivity contribution in [3.63, 3.8) is 0 Å². The Kier molecular flexibility index (Phi) is 7.95. The third kappa shape index (κ3) is 4.23. The van der Waals surface area contributed by atoms with E-state index in [4.69, 9.17) is 11.6 Å². The number of likely N-dealkylation sites (N-methyl/N-ethyl adjacent to an activating group) is 1. The van der Waals surface area contributed by atoms with Crippen molar-refractivity contribution in [1.29, 1.82) is 0 Å². The first-order chi connectivity index (χ1) is 6.29. The molecule has 0 saturated carbocycles. The lowest BCUT2D eigenvalue weighted by atomic mass is 9.88. The highest BCUT2D eigenvalue weighted by Gasteiger charge is 2.41. The molecule has 1 saturated heterocycles. The van der Waals surface area contributed by atoms with Gasteiger partial charge >= 0.3 is 0 Å². The summed E-state index contributed by atoms with van der Waals surface area (Å²) in [6.45, 7) is 12.4. The Balaban J connectivity index is 0. The van der Waals surface area contributed by atoms with Crippen LogP contribution < -0.4 is 0 Å². The molecule has 0 spiro atoms. The maximum absolute atomic E-state index is 5.80. The predicted octanol–water partition coefficient (Wildman–Crippen LogP) is 2.87. The van der Waals surface area contributed by atoms with Crippen LogP contribution in [0.4, 0.5) is 0 Å². The van der Waals surface area contributed by atoms with Crippen LogP contribution >= 0.6 is 36.4 Å². The number of alkyl halides is 1. The van der Waals surface area contributed by atoms with Gasteiger partial charge in [0.25, 0.3) is 0 Å². The summed E-state index contributed by atoms with van der Waals surface area (Å²) < 4.78 is 0. The van der Waals surface area contributed by atoms with E-state index in [1.54, 1.807) is 0 Å². The van der Waals surface area contributed by atoms with Crippen LogP contribution in [0.15, 0.2) is 0 Å². The van der Waals surface area contributed by atoms with Gasteiger partial charge < -0.3 is 0 Å². The molecular formula is C11H25Cl3N2. The van der Waals surface area contributed by atoms with E-state index in [1.165, 1.54) is 0 Å². The fourth-order valence-electron chi connectivity index (χ4n) is 2.46. The molecular weight excluding hydrogens is 266 g/mol. The van der Waals surface area contributed by atoms with Crippen LogP contribution in [0.3, 0.4) is 0 Å². The Morgan fingerprint density at radius 1 is 1.00 bits per heavy atom. The first-order valence-electron chi connectivity index (χ1n) is 5.32. The van der Waals surface area contributed by atoms with E-state index in [9.17, 15) is 0 Å². The maximum atomic E-state index is 5.80. The Hall–Kier alpha value is 0.790. The number of rotatable bonds is 2. The molecule has 0 atom stereocenters. The normalized spacial score (nSPS) is 24.4. The van der Waals surface area contributed by atoms with Gasteiger partial charge in [-0.15, -0.1) is 36.4 Å². The zero-order valence-electron chi connectivity index (χ0n) is 10.9. The van der Waals surface area contributed by atoms with E-state index in [0.717, 1.165) is 25.5 Å². The van der Waals surface area contributed by atoms with Crippen LogP contribution in [0.25, 0.3) is 0 Å². The molecule has 0 aromatic rings. The fraction of sp³-hybridized carbons (Fsp3) is 1.00. The summed E-state index contributed by atoms with van der Waals surface area (Å²) in [6.07, 6.45) is 0.